The second kappa shape index (κ2) is 13.4. The third-order valence-corrected chi connectivity index (χ3v) is 9.26. The van der Waals surface area contributed by atoms with Crippen molar-refractivity contribution in [3.63, 3.8) is 0 Å². The molecule has 6 rings (SSSR count). The number of nitrogens with two attached hydrogens (primary N) is 1. The van der Waals surface area contributed by atoms with E-state index < -0.39 is 12.0 Å². The number of carbonyl (C=O) groups excluding carboxylic acids is 1. The first kappa shape index (κ1) is 30.7. The smallest absolute Gasteiger partial charge is 0.305 e. The van der Waals surface area contributed by atoms with Gasteiger partial charge in [-0.05, 0) is 77.6 Å². The van der Waals surface area contributed by atoms with Crippen LogP contribution in [0.4, 0.5) is 17.2 Å². The fourth-order valence-electron chi connectivity index (χ4n) is 5.98. The second-order valence-corrected chi connectivity index (χ2v) is 12.5. The van der Waals surface area contributed by atoms with E-state index >= 15 is 0 Å². The number of halogens is 2. The van der Waals surface area contributed by atoms with Crippen molar-refractivity contribution in [1.82, 2.24) is 9.88 Å². The summed E-state index contributed by atoms with van der Waals surface area (Å²) in [5, 5.41) is 10.5. The molecule has 0 bridgehead atoms. The minimum absolute atomic E-state index is 0.0468. The first-order chi connectivity index (χ1) is 21.8. The molecular weight excluding hydrogens is 609 g/mol. The number of aliphatic carboxylic acids is 1. The van der Waals surface area contributed by atoms with Crippen LogP contribution in [0.2, 0.25) is 10.0 Å². The molecule has 1 saturated heterocycles. The third kappa shape index (κ3) is 7.18. The molecule has 1 saturated carbocycles. The summed E-state index contributed by atoms with van der Waals surface area (Å²) in [5.74, 6) is -0.147. The van der Waals surface area contributed by atoms with E-state index in [9.17, 15) is 14.7 Å². The van der Waals surface area contributed by atoms with Crippen LogP contribution >= 0.6 is 23.2 Å². The van der Waals surface area contributed by atoms with Gasteiger partial charge in [-0.3, -0.25) is 9.59 Å². The zero-order chi connectivity index (χ0) is 31.5. The number of aromatic nitrogens is 1. The monoisotopic (exact) mass is 643 g/mol. The molecule has 1 aromatic heterocycles. The van der Waals surface area contributed by atoms with Crippen LogP contribution in [0, 0.1) is 5.92 Å². The molecule has 10 heteroatoms. The van der Waals surface area contributed by atoms with Gasteiger partial charge in [0.25, 0.3) is 0 Å². The predicted octanol–water partition coefficient (Wildman–Crippen LogP) is 6.92. The number of carboxylic acids is 1. The van der Waals surface area contributed by atoms with Crippen LogP contribution in [0.1, 0.15) is 36.4 Å². The summed E-state index contributed by atoms with van der Waals surface area (Å²) in [4.78, 5) is 36.3. The molecule has 8 nitrogen and oxygen atoms in total. The van der Waals surface area contributed by atoms with Crippen molar-refractivity contribution < 1.29 is 14.7 Å². The van der Waals surface area contributed by atoms with Crippen molar-refractivity contribution in [2.75, 3.05) is 41.7 Å². The topological polar surface area (TPSA) is 103 Å². The van der Waals surface area contributed by atoms with Crippen molar-refractivity contribution in [3.05, 3.63) is 106 Å². The van der Waals surface area contributed by atoms with Gasteiger partial charge in [0, 0.05) is 44.8 Å². The Hall–Kier alpha value is -4.27. The summed E-state index contributed by atoms with van der Waals surface area (Å²) in [6.07, 6.45) is 3.19. The number of pyridine rings is 1. The second-order valence-electron chi connectivity index (χ2n) is 11.7. The molecule has 2 fully saturated rings. The van der Waals surface area contributed by atoms with Crippen LogP contribution in [-0.4, -0.2) is 53.0 Å². The first-order valence-electron chi connectivity index (χ1n) is 15.1. The summed E-state index contributed by atoms with van der Waals surface area (Å²) >= 11 is 12.5. The van der Waals surface area contributed by atoms with Gasteiger partial charge in [0.2, 0.25) is 5.91 Å². The van der Waals surface area contributed by atoms with Crippen LogP contribution in [0.3, 0.4) is 0 Å². The van der Waals surface area contributed by atoms with Crippen molar-refractivity contribution in [3.8, 4) is 11.1 Å². The number of anilines is 3. The molecule has 3 aromatic carbocycles. The Bertz CT molecular complexity index is 1690. The van der Waals surface area contributed by atoms with Gasteiger partial charge in [0.05, 0.1) is 33.9 Å². The standard InChI is InChI=1S/C35H35Cl2N5O3/c36-28-11-9-27(19-29(28)37)32(21-34(43)44)42(35(45)24-7-8-24)22-23-4-3-5-25(18-23)26-10-12-31(30(38)20-26)40-14-16-41(17-15-40)33-6-1-2-13-39-33/h1-6,9-13,18-20,24,32H,7-8,14-17,21-22,38H2,(H,43,44). The van der Waals surface area contributed by atoms with Crippen LogP contribution in [0.5, 0.6) is 0 Å². The van der Waals surface area contributed by atoms with E-state index in [-0.39, 0.29) is 24.8 Å². The molecule has 4 aromatic rings. The highest BCUT2D eigenvalue weighted by Crippen LogP contribution is 2.38. The molecule has 1 aliphatic heterocycles. The van der Waals surface area contributed by atoms with Crippen LogP contribution < -0.4 is 15.5 Å². The van der Waals surface area contributed by atoms with Gasteiger partial charge in [0.15, 0.2) is 0 Å². The van der Waals surface area contributed by atoms with Crippen molar-refractivity contribution in [2.45, 2.75) is 31.8 Å². The Balaban J connectivity index is 1.22. The van der Waals surface area contributed by atoms with E-state index in [0.29, 0.717) is 21.3 Å². The number of carboxylic acid groups (broad SMARTS) is 1. The largest absolute Gasteiger partial charge is 0.481 e. The maximum atomic E-state index is 13.6. The van der Waals surface area contributed by atoms with E-state index in [1.54, 1.807) is 23.1 Å². The molecule has 1 aliphatic carbocycles. The molecule has 3 N–H and O–H groups in total. The van der Waals surface area contributed by atoms with Gasteiger partial charge in [-0.1, -0.05) is 59.6 Å². The lowest BCUT2D eigenvalue weighted by Gasteiger charge is -2.37. The van der Waals surface area contributed by atoms with Crippen molar-refractivity contribution >= 4 is 52.3 Å². The highest BCUT2D eigenvalue weighted by Gasteiger charge is 2.37. The molecular formula is C35H35Cl2N5O3. The van der Waals surface area contributed by atoms with Crippen LogP contribution in [0.25, 0.3) is 11.1 Å². The Morgan fingerprint density at radius 3 is 2.31 bits per heavy atom. The lowest BCUT2D eigenvalue weighted by atomic mass is 9.98. The molecule has 1 amide bonds. The predicted molar refractivity (Wildman–Crippen MR) is 180 cm³/mol. The molecule has 232 valence electrons. The Labute approximate surface area is 273 Å². The van der Waals surface area contributed by atoms with E-state index in [4.69, 9.17) is 28.9 Å². The molecule has 1 atom stereocenters. The van der Waals surface area contributed by atoms with E-state index in [2.05, 4.69) is 26.9 Å². The number of nitrogens with zero attached hydrogens (tertiary/aromatic N) is 4. The van der Waals surface area contributed by atoms with E-state index in [0.717, 1.165) is 67.2 Å². The summed E-state index contributed by atoms with van der Waals surface area (Å²) in [6, 6.07) is 24.4. The lowest BCUT2D eigenvalue weighted by Crippen LogP contribution is -2.47. The molecule has 2 heterocycles. The average molecular weight is 645 g/mol. The van der Waals surface area contributed by atoms with Gasteiger partial charge in [-0.25, -0.2) is 4.98 Å². The lowest BCUT2D eigenvalue weighted by molar-refractivity contribution is -0.142. The van der Waals surface area contributed by atoms with E-state index in [1.165, 1.54) is 0 Å². The number of nitrogen functional groups attached to an aromatic ring is 1. The normalized spacial score (nSPS) is 15.5. The Morgan fingerprint density at radius 2 is 1.64 bits per heavy atom. The SMILES string of the molecule is Nc1cc(-c2cccc(CN(C(=O)C3CC3)C(CC(=O)O)c3ccc(Cl)c(Cl)c3)c2)ccc1N1CCN(c2ccccn2)CC1. The highest BCUT2D eigenvalue weighted by molar-refractivity contribution is 6.42. The number of rotatable bonds is 10. The van der Waals surface area contributed by atoms with Crippen LogP contribution in [0.15, 0.2) is 85.1 Å². The number of hydrogen-bond donors (Lipinski definition) is 2. The summed E-state index contributed by atoms with van der Waals surface area (Å²) in [6.45, 7) is 3.67. The Morgan fingerprint density at radius 1 is 0.889 bits per heavy atom. The fraction of sp³-hybridized carbons (Fsp3) is 0.286. The number of piperazine rings is 1. The Kier molecular flexibility index (Phi) is 9.14. The molecule has 1 unspecified atom stereocenters. The maximum Gasteiger partial charge on any atom is 0.305 e. The third-order valence-electron chi connectivity index (χ3n) is 8.52. The van der Waals surface area contributed by atoms with Gasteiger partial charge in [-0.15, -0.1) is 0 Å². The highest BCUT2D eigenvalue weighted by atomic mass is 35.5. The summed E-state index contributed by atoms with van der Waals surface area (Å²) < 4.78 is 0. The zero-order valence-electron chi connectivity index (χ0n) is 24.8. The average Bonchev–Trinajstić information content (AvgIpc) is 3.90. The molecule has 45 heavy (non-hydrogen) atoms. The van der Waals surface area contributed by atoms with E-state index in [1.807, 2.05) is 54.7 Å². The summed E-state index contributed by atoms with van der Waals surface area (Å²) in [5.41, 5.74) is 11.8. The fourth-order valence-corrected chi connectivity index (χ4v) is 6.29. The van der Waals surface area contributed by atoms with Crippen molar-refractivity contribution in [1.29, 1.82) is 0 Å². The number of hydrogen-bond acceptors (Lipinski definition) is 6. The number of amides is 1. The quantitative estimate of drug-likeness (QED) is 0.181. The molecule has 0 spiro atoms. The molecule has 0 radical (unpaired) electrons. The van der Waals surface area contributed by atoms with Gasteiger partial charge < -0.3 is 25.5 Å². The zero-order valence-corrected chi connectivity index (χ0v) is 26.3. The number of benzene rings is 3. The first-order valence-corrected chi connectivity index (χ1v) is 15.9. The minimum atomic E-state index is -0.998. The van der Waals surface area contributed by atoms with Crippen molar-refractivity contribution in [2.24, 2.45) is 5.92 Å². The van der Waals surface area contributed by atoms with Gasteiger partial charge >= 0.3 is 5.97 Å². The molecule has 2 aliphatic rings. The van der Waals surface area contributed by atoms with Gasteiger partial charge in [0.1, 0.15) is 5.82 Å². The number of carbonyl (C=O) groups is 2. The van der Waals surface area contributed by atoms with Gasteiger partial charge in [-0.2, -0.15) is 0 Å². The minimum Gasteiger partial charge on any atom is -0.481 e. The van der Waals surface area contributed by atoms with Crippen LogP contribution in [-0.2, 0) is 16.1 Å². The maximum absolute atomic E-state index is 13.6. The summed E-state index contributed by atoms with van der Waals surface area (Å²) in [7, 11) is 0.